The Morgan fingerprint density at radius 2 is 1.22 bits per heavy atom. The third-order valence-electron chi connectivity index (χ3n) is 0.553. The third kappa shape index (κ3) is 11.2. The summed E-state index contributed by atoms with van der Waals surface area (Å²) in [6.07, 6.45) is -0.593. The molecule has 0 saturated carbocycles. The second-order valence-corrected chi connectivity index (χ2v) is 1.29. The predicted octanol–water partition coefficient (Wildman–Crippen LogP) is -0.0667. The average molecular weight is 169 g/mol. The second-order valence-electron chi connectivity index (χ2n) is 1.29. The summed E-state index contributed by atoms with van der Waals surface area (Å²) >= 11 is 0. The fourth-order valence-electron chi connectivity index (χ4n) is 0.214. The minimum Gasteiger partial charge on any atom is -0.481 e. The van der Waals surface area contributed by atoms with Crippen LogP contribution in [-0.4, -0.2) is 22.2 Å². The molecule has 5 heteroatoms. The molecule has 9 heavy (non-hydrogen) atoms. The molecule has 0 aromatic heterocycles. The Kier molecular flexibility index (Phi) is 7.13. The zero-order valence-electron chi connectivity index (χ0n) is 4.57. The summed E-state index contributed by atoms with van der Waals surface area (Å²) in [5.74, 6) is -2.15. The number of hydrogen-bond acceptors (Lipinski definition) is 2. The largest absolute Gasteiger partial charge is 0.481 e. The van der Waals surface area contributed by atoms with Gasteiger partial charge in [-0.2, -0.15) is 0 Å². The molecule has 51 valence electrons. The Balaban J connectivity index is 0. The van der Waals surface area contributed by atoms with E-state index in [-0.39, 0.29) is 31.4 Å². The van der Waals surface area contributed by atoms with Gasteiger partial charge in [0.1, 0.15) is 0 Å². The molecule has 0 bridgehead atoms. The zero-order valence-corrected chi connectivity index (χ0v) is 5.97. The van der Waals surface area contributed by atoms with Crippen LogP contribution < -0.4 is 0 Å². The van der Waals surface area contributed by atoms with Crippen molar-refractivity contribution in [3.8, 4) is 0 Å². The van der Waals surface area contributed by atoms with Crippen molar-refractivity contribution in [2.24, 2.45) is 0 Å². The maximum absolute atomic E-state index is 9.64. The van der Waals surface area contributed by atoms with Crippen LogP contribution in [0.25, 0.3) is 0 Å². The first-order valence-electron chi connectivity index (χ1n) is 2.06. The van der Waals surface area contributed by atoms with Crippen molar-refractivity contribution < 1.29 is 38.4 Å². The Morgan fingerprint density at radius 1 is 1.00 bits per heavy atom. The van der Waals surface area contributed by atoms with Crippen LogP contribution in [0.15, 0.2) is 0 Å². The van der Waals surface area contributed by atoms with Crippen molar-refractivity contribution in [1.29, 1.82) is 0 Å². The van der Waals surface area contributed by atoms with Gasteiger partial charge in [0.15, 0.2) is 0 Å². The molecule has 2 N–H and O–H groups in total. The van der Waals surface area contributed by atoms with Gasteiger partial charge in [0, 0.05) is 18.6 Å². The molecule has 0 aliphatic heterocycles. The number of hydrogen-bond donors (Lipinski definition) is 2. The Labute approximate surface area is 63.8 Å². The first-order valence-corrected chi connectivity index (χ1v) is 2.06. The molecule has 0 atom stereocenters. The van der Waals surface area contributed by atoms with Crippen molar-refractivity contribution >= 4 is 11.9 Å². The van der Waals surface area contributed by atoms with Crippen molar-refractivity contribution in [2.75, 3.05) is 0 Å². The van der Waals surface area contributed by atoms with E-state index in [1.807, 2.05) is 0 Å². The van der Waals surface area contributed by atoms with Crippen molar-refractivity contribution in [3.63, 3.8) is 0 Å². The van der Waals surface area contributed by atoms with Crippen LogP contribution in [0.4, 0.5) is 0 Å². The SMILES string of the molecule is O=C(O)CCC(=O)O.[V]. The molecule has 4 nitrogen and oxygen atoms in total. The van der Waals surface area contributed by atoms with Crippen LogP contribution in [0.2, 0.25) is 0 Å². The molecule has 0 unspecified atom stereocenters. The predicted molar refractivity (Wildman–Crippen MR) is 24.5 cm³/mol. The van der Waals surface area contributed by atoms with Gasteiger partial charge in [0.2, 0.25) is 0 Å². The van der Waals surface area contributed by atoms with Gasteiger partial charge in [-0.1, -0.05) is 0 Å². The number of aliphatic carboxylic acids is 2. The van der Waals surface area contributed by atoms with E-state index in [0.29, 0.717) is 0 Å². The van der Waals surface area contributed by atoms with Gasteiger partial charge in [-0.3, -0.25) is 9.59 Å². The summed E-state index contributed by atoms with van der Waals surface area (Å²) in [6, 6.07) is 0. The molecule has 0 spiro atoms. The summed E-state index contributed by atoms with van der Waals surface area (Å²) in [7, 11) is 0. The normalized spacial score (nSPS) is 7.56. The minimum absolute atomic E-state index is 0. The first-order chi connectivity index (χ1) is 3.63. The third-order valence-corrected chi connectivity index (χ3v) is 0.553. The molecule has 0 aliphatic carbocycles. The van der Waals surface area contributed by atoms with Gasteiger partial charge in [0.25, 0.3) is 0 Å². The van der Waals surface area contributed by atoms with Crippen LogP contribution in [0, 0.1) is 0 Å². The van der Waals surface area contributed by atoms with Gasteiger partial charge in [-0.05, 0) is 0 Å². The quantitative estimate of drug-likeness (QED) is 0.620. The van der Waals surface area contributed by atoms with Crippen molar-refractivity contribution in [2.45, 2.75) is 12.8 Å². The molecule has 0 rings (SSSR count). The summed E-state index contributed by atoms with van der Waals surface area (Å²) in [4.78, 5) is 19.3. The smallest absolute Gasteiger partial charge is 0.303 e. The van der Waals surface area contributed by atoms with E-state index in [4.69, 9.17) is 10.2 Å². The van der Waals surface area contributed by atoms with Crippen molar-refractivity contribution in [3.05, 3.63) is 0 Å². The van der Waals surface area contributed by atoms with Crippen LogP contribution in [0.5, 0.6) is 0 Å². The standard InChI is InChI=1S/C4H6O4.V/c5-3(6)1-2-4(7)8;/h1-2H2,(H,5,6)(H,7,8);. The number of carbonyl (C=O) groups is 2. The molecular weight excluding hydrogens is 163 g/mol. The minimum atomic E-state index is -1.08. The van der Waals surface area contributed by atoms with Gasteiger partial charge in [-0.15, -0.1) is 0 Å². The monoisotopic (exact) mass is 169 g/mol. The summed E-state index contributed by atoms with van der Waals surface area (Å²) < 4.78 is 0. The van der Waals surface area contributed by atoms with Crippen LogP contribution in [0.3, 0.4) is 0 Å². The Morgan fingerprint density at radius 3 is 1.33 bits per heavy atom. The van der Waals surface area contributed by atoms with Crippen LogP contribution >= 0.6 is 0 Å². The van der Waals surface area contributed by atoms with E-state index in [1.165, 1.54) is 0 Å². The summed E-state index contributed by atoms with van der Waals surface area (Å²) in [5.41, 5.74) is 0. The van der Waals surface area contributed by atoms with Crippen LogP contribution in [0.1, 0.15) is 12.8 Å². The van der Waals surface area contributed by atoms with E-state index in [2.05, 4.69) is 0 Å². The molecular formula is C4H6O4V. The first kappa shape index (κ1) is 11.3. The molecule has 0 saturated heterocycles. The maximum Gasteiger partial charge on any atom is 0.303 e. The Hall–Kier alpha value is -0.476. The molecule has 1 radical (unpaired) electrons. The second kappa shape index (κ2) is 5.66. The van der Waals surface area contributed by atoms with Crippen LogP contribution in [-0.2, 0) is 28.1 Å². The van der Waals surface area contributed by atoms with Gasteiger partial charge >= 0.3 is 11.9 Å². The average Bonchev–Trinajstić information content (AvgIpc) is 1.61. The Bertz CT molecular complexity index is 97.1. The van der Waals surface area contributed by atoms with E-state index < -0.39 is 11.9 Å². The van der Waals surface area contributed by atoms with Crippen molar-refractivity contribution in [1.82, 2.24) is 0 Å². The number of rotatable bonds is 3. The fraction of sp³-hybridized carbons (Fsp3) is 0.500. The molecule has 0 aromatic rings. The van der Waals surface area contributed by atoms with Gasteiger partial charge < -0.3 is 10.2 Å². The summed E-state index contributed by atoms with van der Waals surface area (Å²) in [5, 5.41) is 15.8. The molecule has 0 aromatic carbocycles. The zero-order chi connectivity index (χ0) is 6.57. The molecule has 0 aliphatic rings. The van der Waals surface area contributed by atoms with E-state index >= 15 is 0 Å². The van der Waals surface area contributed by atoms with E-state index in [0.717, 1.165) is 0 Å². The molecule has 0 fully saturated rings. The molecule has 0 amide bonds. The maximum atomic E-state index is 9.64. The fourth-order valence-corrected chi connectivity index (χ4v) is 0.214. The van der Waals surface area contributed by atoms with Gasteiger partial charge in [-0.25, -0.2) is 0 Å². The summed E-state index contributed by atoms with van der Waals surface area (Å²) in [6.45, 7) is 0. The number of carboxylic acids is 2. The van der Waals surface area contributed by atoms with Gasteiger partial charge in [0.05, 0.1) is 12.8 Å². The van der Waals surface area contributed by atoms with E-state index in [9.17, 15) is 9.59 Å². The number of carboxylic acid groups (broad SMARTS) is 2. The topological polar surface area (TPSA) is 74.6 Å². The molecule has 0 heterocycles. The van der Waals surface area contributed by atoms with E-state index in [1.54, 1.807) is 0 Å².